The number of aliphatic hydroxyl groups is 2. The molecular weight excluding hydrogens is 452 g/mol. The smallest absolute Gasteiger partial charge is 0.308 e. The van der Waals surface area contributed by atoms with Crippen LogP contribution in [0.3, 0.4) is 0 Å². The summed E-state index contributed by atoms with van der Waals surface area (Å²) in [6.07, 6.45) is -4.13. The molecule has 0 bridgehead atoms. The van der Waals surface area contributed by atoms with E-state index in [1.165, 1.54) is 24.3 Å². The molecule has 8 heteroatoms. The van der Waals surface area contributed by atoms with E-state index in [1.807, 2.05) is 0 Å². The third-order valence-electron chi connectivity index (χ3n) is 4.62. The summed E-state index contributed by atoms with van der Waals surface area (Å²) in [5.41, 5.74) is -0.643. The van der Waals surface area contributed by atoms with E-state index in [1.54, 1.807) is 20.8 Å². The lowest BCUT2D eigenvalue weighted by Gasteiger charge is -2.21. The highest BCUT2D eigenvalue weighted by Crippen LogP contribution is 2.31. The predicted molar refractivity (Wildman–Crippen MR) is 121 cm³/mol. The Morgan fingerprint density at radius 2 is 1.41 bits per heavy atom. The van der Waals surface area contributed by atoms with Gasteiger partial charge in [-0.3, -0.25) is 4.79 Å². The third kappa shape index (κ3) is 8.76. The summed E-state index contributed by atoms with van der Waals surface area (Å²) in [6.45, 7) is 5.02. The first-order valence-corrected chi connectivity index (χ1v) is 10.7. The SMILES string of the molecule is CC(C)(C)OC(=O)CC(O)CC(O)/C=C/C(=C(c1ccc(F)cc1)c1ccc(F)cc1)C(F)F. The van der Waals surface area contributed by atoms with E-state index in [2.05, 4.69) is 0 Å². The Kier molecular flexibility index (Phi) is 9.58. The van der Waals surface area contributed by atoms with E-state index in [-0.39, 0.29) is 29.5 Å². The standard InChI is InChI=1S/C26H28F4O4/c1-26(2,3)34-23(33)15-21(32)14-20(31)12-13-22(25(29)30)24(16-4-8-18(27)9-5-16)17-6-10-19(28)11-7-17/h4-13,20-21,25,31-32H,14-15H2,1-3H3/b13-12+. The average Bonchev–Trinajstić information content (AvgIpc) is 2.71. The molecule has 0 aliphatic rings. The summed E-state index contributed by atoms with van der Waals surface area (Å²) >= 11 is 0. The zero-order valence-corrected chi connectivity index (χ0v) is 19.1. The van der Waals surface area contributed by atoms with Gasteiger partial charge in [-0.1, -0.05) is 36.4 Å². The van der Waals surface area contributed by atoms with Crippen LogP contribution in [-0.2, 0) is 9.53 Å². The maximum absolute atomic E-state index is 14.1. The number of hydrogen-bond acceptors (Lipinski definition) is 4. The second-order valence-electron chi connectivity index (χ2n) is 8.75. The van der Waals surface area contributed by atoms with Crippen molar-refractivity contribution in [2.24, 2.45) is 0 Å². The minimum Gasteiger partial charge on any atom is -0.460 e. The van der Waals surface area contributed by atoms with Gasteiger partial charge in [-0.25, -0.2) is 17.6 Å². The highest BCUT2D eigenvalue weighted by atomic mass is 19.3. The first-order valence-electron chi connectivity index (χ1n) is 10.7. The largest absolute Gasteiger partial charge is 0.460 e. The molecule has 2 unspecified atom stereocenters. The molecule has 2 aromatic rings. The molecular formula is C26H28F4O4. The minimum absolute atomic E-state index is 0.0350. The molecule has 4 nitrogen and oxygen atoms in total. The molecule has 0 saturated carbocycles. The highest BCUT2D eigenvalue weighted by Gasteiger charge is 2.22. The number of aliphatic hydroxyl groups excluding tert-OH is 2. The molecule has 184 valence electrons. The number of carbonyl (C=O) groups excluding carboxylic acids is 1. The van der Waals surface area contributed by atoms with Crippen molar-refractivity contribution in [1.29, 1.82) is 0 Å². The molecule has 34 heavy (non-hydrogen) atoms. The maximum atomic E-state index is 14.1. The fraction of sp³-hybridized carbons (Fsp3) is 0.346. The summed E-state index contributed by atoms with van der Waals surface area (Å²) in [4.78, 5) is 11.8. The van der Waals surface area contributed by atoms with Crippen LogP contribution in [0.2, 0.25) is 0 Å². The van der Waals surface area contributed by atoms with Crippen LogP contribution in [0.25, 0.3) is 5.57 Å². The molecule has 2 aromatic carbocycles. The molecule has 0 amide bonds. The number of halogens is 4. The molecule has 2 rings (SSSR count). The number of esters is 1. The monoisotopic (exact) mass is 480 g/mol. The topological polar surface area (TPSA) is 66.8 Å². The van der Waals surface area contributed by atoms with Gasteiger partial charge in [0.15, 0.2) is 0 Å². The maximum Gasteiger partial charge on any atom is 0.308 e. The summed E-state index contributed by atoms with van der Waals surface area (Å²) in [5.74, 6) is -1.75. The van der Waals surface area contributed by atoms with Gasteiger partial charge in [0.1, 0.15) is 17.2 Å². The zero-order valence-electron chi connectivity index (χ0n) is 19.1. The Labute approximate surface area is 196 Å². The van der Waals surface area contributed by atoms with Crippen LogP contribution in [0.1, 0.15) is 44.7 Å². The molecule has 0 radical (unpaired) electrons. The van der Waals surface area contributed by atoms with Crippen molar-refractivity contribution in [2.45, 2.75) is 57.8 Å². The number of rotatable bonds is 9. The molecule has 2 atom stereocenters. The van der Waals surface area contributed by atoms with Gasteiger partial charge < -0.3 is 14.9 Å². The molecule has 0 aliphatic carbocycles. The Balaban J connectivity index is 2.32. The summed E-state index contributed by atoms with van der Waals surface area (Å²) in [6, 6.07) is 9.77. The minimum atomic E-state index is -2.99. The summed E-state index contributed by atoms with van der Waals surface area (Å²) < 4.78 is 60.1. The van der Waals surface area contributed by atoms with Crippen LogP contribution in [0.15, 0.2) is 66.3 Å². The van der Waals surface area contributed by atoms with E-state index < -0.39 is 47.4 Å². The molecule has 0 aromatic heterocycles. The van der Waals surface area contributed by atoms with Crippen molar-refractivity contribution in [3.8, 4) is 0 Å². The van der Waals surface area contributed by atoms with E-state index in [0.29, 0.717) is 0 Å². The quantitative estimate of drug-likeness (QED) is 0.285. The predicted octanol–water partition coefficient (Wildman–Crippen LogP) is 5.43. The fourth-order valence-electron chi connectivity index (χ4n) is 3.23. The van der Waals surface area contributed by atoms with E-state index in [4.69, 9.17) is 4.74 Å². The number of carbonyl (C=O) groups is 1. The number of alkyl halides is 2. The van der Waals surface area contributed by atoms with Gasteiger partial charge in [0.05, 0.1) is 18.6 Å². The van der Waals surface area contributed by atoms with Crippen molar-refractivity contribution in [3.63, 3.8) is 0 Å². The fourth-order valence-corrected chi connectivity index (χ4v) is 3.23. The second kappa shape index (κ2) is 11.9. The van der Waals surface area contributed by atoms with Crippen molar-refractivity contribution in [3.05, 3.63) is 89.0 Å². The highest BCUT2D eigenvalue weighted by molar-refractivity contribution is 5.84. The lowest BCUT2D eigenvalue weighted by Crippen LogP contribution is -2.27. The molecule has 2 N–H and O–H groups in total. The Morgan fingerprint density at radius 1 is 0.941 bits per heavy atom. The zero-order chi connectivity index (χ0) is 25.5. The Morgan fingerprint density at radius 3 is 1.82 bits per heavy atom. The average molecular weight is 480 g/mol. The number of allylic oxidation sites excluding steroid dienone is 2. The van der Waals surface area contributed by atoms with Gasteiger partial charge in [0, 0.05) is 12.0 Å². The van der Waals surface area contributed by atoms with Gasteiger partial charge in [0.2, 0.25) is 0 Å². The molecule has 0 saturated heterocycles. The van der Waals surface area contributed by atoms with Crippen LogP contribution in [0, 0.1) is 11.6 Å². The second-order valence-corrected chi connectivity index (χ2v) is 8.75. The van der Waals surface area contributed by atoms with E-state index >= 15 is 0 Å². The van der Waals surface area contributed by atoms with E-state index in [0.717, 1.165) is 36.4 Å². The number of benzene rings is 2. The van der Waals surface area contributed by atoms with Crippen molar-refractivity contribution in [2.75, 3.05) is 0 Å². The Bertz CT molecular complexity index is 959. The molecule has 0 aliphatic heterocycles. The van der Waals surface area contributed by atoms with Crippen LogP contribution >= 0.6 is 0 Å². The van der Waals surface area contributed by atoms with Gasteiger partial charge in [0.25, 0.3) is 6.43 Å². The lowest BCUT2D eigenvalue weighted by atomic mass is 9.92. The summed E-state index contributed by atoms with van der Waals surface area (Å²) in [7, 11) is 0. The van der Waals surface area contributed by atoms with Gasteiger partial charge in [-0.2, -0.15) is 0 Å². The van der Waals surface area contributed by atoms with Crippen LogP contribution < -0.4 is 0 Å². The number of ether oxygens (including phenoxy) is 1. The first-order chi connectivity index (χ1) is 15.9. The van der Waals surface area contributed by atoms with E-state index in [9.17, 15) is 32.6 Å². The van der Waals surface area contributed by atoms with Crippen LogP contribution in [0.5, 0.6) is 0 Å². The van der Waals surface area contributed by atoms with Crippen molar-refractivity contribution in [1.82, 2.24) is 0 Å². The lowest BCUT2D eigenvalue weighted by molar-refractivity contribution is -0.157. The van der Waals surface area contributed by atoms with Crippen molar-refractivity contribution >= 4 is 11.5 Å². The van der Waals surface area contributed by atoms with Gasteiger partial charge >= 0.3 is 5.97 Å². The molecule has 0 spiro atoms. The first kappa shape index (κ1) is 27.3. The number of hydrogen-bond donors (Lipinski definition) is 2. The Hall–Kier alpha value is -2.97. The van der Waals surface area contributed by atoms with Crippen molar-refractivity contribution < 1.29 is 37.3 Å². The van der Waals surface area contributed by atoms with Crippen LogP contribution in [0.4, 0.5) is 17.6 Å². The summed E-state index contributed by atoms with van der Waals surface area (Å²) in [5, 5.41) is 20.3. The van der Waals surface area contributed by atoms with Gasteiger partial charge in [-0.15, -0.1) is 0 Å². The third-order valence-corrected chi connectivity index (χ3v) is 4.62. The normalized spacial score (nSPS) is 13.7. The molecule has 0 fully saturated rings. The molecule has 0 heterocycles. The van der Waals surface area contributed by atoms with Gasteiger partial charge in [-0.05, 0) is 61.7 Å². The van der Waals surface area contributed by atoms with Crippen LogP contribution in [-0.4, -0.2) is 40.4 Å².